The zero-order valence-electron chi connectivity index (χ0n) is 18.3. The van der Waals surface area contributed by atoms with Gasteiger partial charge in [-0.05, 0) is 82.3 Å². The molecule has 4 aliphatic carbocycles. The Balaban J connectivity index is 1.22. The number of hydrogen-bond acceptors (Lipinski definition) is 5. The number of esters is 1. The normalized spacial score (nSPS) is 30.2. The minimum atomic E-state index is -0.902. The maximum absolute atomic E-state index is 12.8. The van der Waals surface area contributed by atoms with Crippen LogP contribution in [0.1, 0.15) is 52.4 Å². The molecule has 0 spiro atoms. The first-order chi connectivity index (χ1) is 14.8. The van der Waals surface area contributed by atoms with Gasteiger partial charge in [0.25, 0.3) is 11.8 Å². The Morgan fingerprint density at radius 2 is 1.58 bits per heavy atom. The van der Waals surface area contributed by atoms with Crippen LogP contribution in [-0.2, 0) is 19.1 Å². The third-order valence-corrected chi connectivity index (χ3v) is 6.93. The summed E-state index contributed by atoms with van der Waals surface area (Å²) in [6.07, 6.45) is 6.11. The van der Waals surface area contributed by atoms with Gasteiger partial charge in [-0.2, -0.15) is 0 Å². The predicted molar refractivity (Wildman–Crippen MR) is 114 cm³/mol. The molecule has 7 nitrogen and oxygen atoms in total. The molecule has 4 bridgehead atoms. The van der Waals surface area contributed by atoms with Gasteiger partial charge < -0.3 is 20.1 Å². The zero-order chi connectivity index (χ0) is 22.0. The molecule has 4 fully saturated rings. The van der Waals surface area contributed by atoms with Crippen molar-refractivity contribution in [2.24, 2.45) is 17.8 Å². The van der Waals surface area contributed by atoms with E-state index in [0.29, 0.717) is 5.75 Å². The van der Waals surface area contributed by atoms with Crippen molar-refractivity contribution in [1.29, 1.82) is 0 Å². The largest absolute Gasteiger partial charge is 0.484 e. The van der Waals surface area contributed by atoms with E-state index in [1.54, 1.807) is 19.1 Å². The van der Waals surface area contributed by atoms with E-state index < -0.39 is 24.0 Å². The predicted octanol–water partition coefficient (Wildman–Crippen LogP) is 2.59. The number of rotatable bonds is 8. The molecule has 5 rings (SSSR count). The van der Waals surface area contributed by atoms with E-state index in [0.717, 1.165) is 37.0 Å². The van der Waals surface area contributed by atoms with Crippen LogP contribution in [0.3, 0.4) is 0 Å². The van der Waals surface area contributed by atoms with Gasteiger partial charge in [0.05, 0.1) is 0 Å². The Bertz CT molecular complexity index is 789. The van der Waals surface area contributed by atoms with Crippen LogP contribution < -0.4 is 15.4 Å². The average Bonchev–Trinajstić information content (AvgIpc) is 2.71. The molecule has 4 aliphatic rings. The van der Waals surface area contributed by atoms with Crippen LogP contribution in [0.4, 0.5) is 0 Å². The lowest BCUT2D eigenvalue weighted by atomic mass is 9.53. The maximum Gasteiger partial charge on any atom is 0.329 e. The summed E-state index contributed by atoms with van der Waals surface area (Å²) in [7, 11) is 0. The summed E-state index contributed by atoms with van der Waals surface area (Å²) in [5.74, 6) is 1.41. The smallest absolute Gasteiger partial charge is 0.329 e. The van der Waals surface area contributed by atoms with Crippen molar-refractivity contribution >= 4 is 17.8 Å². The summed E-state index contributed by atoms with van der Waals surface area (Å²) in [5, 5.41) is 5.77. The van der Waals surface area contributed by atoms with Crippen LogP contribution in [0, 0.1) is 17.8 Å². The first-order valence-corrected chi connectivity index (χ1v) is 11.3. The van der Waals surface area contributed by atoms with E-state index in [-0.39, 0.29) is 18.1 Å². The molecule has 1 aromatic rings. The van der Waals surface area contributed by atoms with E-state index in [4.69, 9.17) is 9.47 Å². The highest BCUT2D eigenvalue weighted by molar-refractivity contribution is 5.88. The molecule has 2 amide bonds. The Kier molecular flexibility index (Phi) is 6.21. The van der Waals surface area contributed by atoms with Gasteiger partial charge in [-0.25, -0.2) is 4.79 Å². The first-order valence-electron chi connectivity index (χ1n) is 11.3. The Labute approximate surface area is 183 Å². The van der Waals surface area contributed by atoms with Crippen molar-refractivity contribution in [3.63, 3.8) is 0 Å². The monoisotopic (exact) mass is 428 g/mol. The summed E-state index contributed by atoms with van der Waals surface area (Å²) in [4.78, 5) is 37.2. The Morgan fingerprint density at radius 3 is 2.16 bits per heavy atom. The lowest BCUT2D eigenvalue weighted by Crippen LogP contribution is -2.61. The molecule has 0 aromatic heterocycles. The second-order valence-corrected chi connectivity index (χ2v) is 9.66. The van der Waals surface area contributed by atoms with Crippen molar-refractivity contribution in [1.82, 2.24) is 10.6 Å². The number of carbonyl (C=O) groups excluding carboxylic acids is 3. The number of para-hydroxylation sites is 1. The maximum atomic E-state index is 12.8. The Hall–Kier alpha value is -2.57. The van der Waals surface area contributed by atoms with E-state index in [9.17, 15) is 14.4 Å². The fourth-order valence-electron chi connectivity index (χ4n) is 5.96. The molecule has 0 unspecified atom stereocenters. The van der Waals surface area contributed by atoms with Gasteiger partial charge in [0, 0.05) is 5.54 Å². The van der Waals surface area contributed by atoms with Crippen LogP contribution in [-0.4, -0.2) is 42.1 Å². The molecule has 0 heterocycles. The molecule has 0 saturated heterocycles. The lowest BCUT2D eigenvalue weighted by Gasteiger charge is -2.57. The first kappa shape index (κ1) is 21.7. The molecular formula is C24H32N2O5. The van der Waals surface area contributed by atoms with Crippen molar-refractivity contribution < 1.29 is 23.9 Å². The summed E-state index contributed by atoms with van der Waals surface area (Å²) in [6.45, 7) is 2.91. The van der Waals surface area contributed by atoms with E-state index in [1.807, 2.05) is 18.2 Å². The highest BCUT2D eigenvalue weighted by Crippen LogP contribution is 2.55. The van der Waals surface area contributed by atoms with Gasteiger partial charge in [0.2, 0.25) is 0 Å². The quantitative estimate of drug-likeness (QED) is 0.621. The van der Waals surface area contributed by atoms with Gasteiger partial charge in [-0.1, -0.05) is 18.2 Å². The van der Waals surface area contributed by atoms with Gasteiger partial charge in [-0.15, -0.1) is 0 Å². The second kappa shape index (κ2) is 8.89. The summed E-state index contributed by atoms with van der Waals surface area (Å²) >= 11 is 0. The molecule has 0 aliphatic heterocycles. The van der Waals surface area contributed by atoms with Crippen molar-refractivity contribution in [3.8, 4) is 5.75 Å². The van der Waals surface area contributed by atoms with Crippen LogP contribution in [0.2, 0.25) is 0 Å². The molecule has 0 radical (unpaired) electrons. The fourth-order valence-corrected chi connectivity index (χ4v) is 5.96. The minimum Gasteiger partial charge on any atom is -0.484 e. The van der Waals surface area contributed by atoms with Gasteiger partial charge in [0.15, 0.2) is 12.7 Å². The summed E-state index contributed by atoms with van der Waals surface area (Å²) < 4.78 is 10.7. The molecule has 4 saturated carbocycles. The number of ether oxygens (including phenoxy) is 2. The van der Waals surface area contributed by atoms with Crippen molar-refractivity contribution in [3.05, 3.63) is 30.3 Å². The number of carbonyl (C=O) groups is 3. The second-order valence-electron chi connectivity index (χ2n) is 9.66. The molecule has 1 aromatic carbocycles. The van der Waals surface area contributed by atoms with Crippen LogP contribution in [0.5, 0.6) is 5.75 Å². The standard InChI is InChI=1S/C24H32N2O5/c1-15(25-21(27)14-30-20-6-4-3-5-7-20)23(29)31-16(2)22(28)26-24-11-17-8-18(12-24)10-19(9-17)13-24/h3-7,15-19H,8-14H2,1-2H3,(H,25,27)(H,26,28)/t15-,16-,17?,18?,19?,24?/m0/s1. The highest BCUT2D eigenvalue weighted by atomic mass is 16.5. The Morgan fingerprint density at radius 1 is 1.00 bits per heavy atom. The summed E-state index contributed by atoms with van der Waals surface area (Å²) in [5.41, 5.74) is -0.124. The molecule has 168 valence electrons. The van der Waals surface area contributed by atoms with Crippen LogP contribution >= 0.6 is 0 Å². The number of amides is 2. The number of nitrogens with one attached hydrogen (secondary N) is 2. The zero-order valence-corrected chi connectivity index (χ0v) is 18.3. The molecule has 2 atom stereocenters. The number of benzene rings is 1. The fraction of sp³-hybridized carbons (Fsp3) is 0.625. The lowest BCUT2D eigenvalue weighted by molar-refractivity contribution is -0.158. The van der Waals surface area contributed by atoms with Gasteiger partial charge in [-0.3, -0.25) is 9.59 Å². The molecule has 2 N–H and O–H groups in total. The molecule has 31 heavy (non-hydrogen) atoms. The minimum absolute atomic E-state index is 0.124. The van der Waals surface area contributed by atoms with E-state index >= 15 is 0 Å². The molecular weight excluding hydrogens is 396 g/mol. The van der Waals surface area contributed by atoms with Crippen LogP contribution in [0.25, 0.3) is 0 Å². The third kappa shape index (κ3) is 5.20. The summed E-state index contributed by atoms with van der Waals surface area (Å²) in [6, 6.07) is 8.09. The average molecular weight is 429 g/mol. The van der Waals surface area contributed by atoms with Crippen molar-refractivity contribution in [2.45, 2.75) is 70.1 Å². The van der Waals surface area contributed by atoms with E-state index in [2.05, 4.69) is 10.6 Å². The van der Waals surface area contributed by atoms with Crippen LogP contribution in [0.15, 0.2) is 30.3 Å². The highest BCUT2D eigenvalue weighted by Gasteiger charge is 2.51. The number of hydrogen-bond donors (Lipinski definition) is 2. The SMILES string of the molecule is C[C@H](NC(=O)COc1ccccc1)C(=O)O[C@@H](C)C(=O)NC12CC3CC(CC(C3)C1)C2. The van der Waals surface area contributed by atoms with E-state index in [1.165, 1.54) is 26.2 Å². The molecule has 7 heteroatoms. The third-order valence-electron chi connectivity index (χ3n) is 6.93. The van der Waals surface area contributed by atoms with Gasteiger partial charge in [0.1, 0.15) is 11.8 Å². The topological polar surface area (TPSA) is 93.7 Å². The van der Waals surface area contributed by atoms with Crippen molar-refractivity contribution in [2.75, 3.05) is 6.61 Å². The van der Waals surface area contributed by atoms with Gasteiger partial charge >= 0.3 is 5.97 Å².